The molecule has 0 aliphatic heterocycles. The molecule has 25 heavy (non-hydrogen) atoms. The quantitative estimate of drug-likeness (QED) is 0.678. The van der Waals surface area contributed by atoms with E-state index in [1.165, 1.54) is 5.56 Å². The number of ether oxygens (including phenoxy) is 1. The molecule has 3 aromatic rings. The maximum Gasteiger partial charge on any atom is 0.229 e. The van der Waals surface area contributed by atoms with Crippen LogP contribution in [-0.2, 0) is 6.42 Å². The Hall–Kier alpha value is -3.08. The second-order valence-corrected chi connectivity index (χ2v) is 5.74. The van der Waals surface area contributed by atoms with E-state index in [0.717, 1.165) is 35.9 Å². The molecule has 128 valence electrons. The van der Waals surface area contributed by atoms with E-state index >= 15 is 0 Å². The lowest BCUT2D eigenvalue weighted by Gasteiger charge is -2.10. The Bertz CT molecular complexity index is 821. The highest BCUT2D eigenvalue weighted by molar-refractivity contribution is 5.57. The molecule has 0 amide bonds. The monoisotopic (exact) mass is 334 g/mol. The predicted octanol–water partition coefficient (Wildman–Crippen LogP) is 4.19. The molecular weight excluding hydrogens is 312 g/mol. The molecule has 3 rings (SSSR count). The number of methoxy groups -OCH3 is 1. The summed E-state index contributed by atoms with van der Waals surface area (Å²) in [5.74, 6) is 2.17. The van der Waals surface area contributed by atoms with Gasteiger partial charge in [0, 0.05) is 30.1 Å². The molecule has 0 radical (unpaired) electrons. The van der Waals surface area contributed by atoms with Gasteiger partial charge in [-0.05, 0) is 31.0 Å². The van der Waals surface area contributed by atoms with Crippen LogP contribution in [0.15, 0.2) is 60.7 Å². The van der Waals surface area contributed by atoms with Crippen molar-refractivity contribution in [3.05, 3.63) is 71.9 Å². The maximum atomic E-state index is 5.24. The zero-order valence-corrected chi connectivity index (χ0v) is 14.5. The average Bonchev–Trinajstić information content (AvgIpc) is 2.62. The van der Waals surface area contributed by atoms with Crippen molar-refractivity contribution in [1.82, 2.24) is 9.97 Å². The van der Waals surface area contributed by atoms with Gasteiger partial charge < -0.3 is 15.4 Å². The van der Waals surface area contributed by atoms with Gasteiger partial charge in [0.25, 0.3) is 0 Å². The highest BCUT2D eigenvalue weighted by Gasteiger charge is 2.04. The van der Waals surface area contributed by atoms with Gasteiger partial charge in [-0.3, -0.25) is 0 Å². The van der Waals surface area contributed by atoms with Crippen LogP contribution in [0.5, 0.6) is 5.75 Å². The Morgan fingerprint density at radius 2 is 1.80 bits per heavy atom. The number of hydrogen-bond donors (Lipinski definition) is 2. The van der Waals surface area contributed by atoms with Crippen LogP contribution in [0.2, 0.25) is 0 Å². The van der Waals surface area contributed by atoms with E-state index in [1.807, 2.05) is 43.3 Å². The summed E-state index contributed by atoms with van der Waals surface area (Å²) in [6, 6.07) is 20.0. The van der Waals surface area contributed by atoms with Crippen LogP contribution < -0.4 is 15.4 Å². The van der Waals surface area contributed by atoms with Crippen LogP contribution in [-0.4, -0.2) is 23.6 Å². The molecule has 1 aromatic heterocycles. The first-order valence-corrected chi connectivity index (χ1v) is 8.27. The minimum Gasteiger partial charge on any atom is -0.497 e. The summed E-state index contributed by atoms with van der Waals surface area (Å²) in [5, 5.41) is 6.59. The van der Waals surface area contributed by atoms with Crippen molar-refractivity contribution >= 4 is 17.5 Å². The van der Waals surface area contributed by atoms with Crippen molar-refractivity contribution in [3.63, 3.8) is 0 Å². The molecule has 2 N–H and O–H groups in total. The van der Waals surface area contributed by atoms with E-state index in [-0.39, 0.29) is 0 Å². The number of nitrogens with zero attached hydrogens (tertiary/aromatic N) is 2. The summed E-state index contributed by atoms with van der Waals surface area (Å²) in [4.78, 5) is 8.99. The molecule has 0 saturated heterocycles. The normalized spacial score (nSPS) is 10.3. The number of anilines is 3. The fraction of sp³-hybridized carbons (Fsp3) is 0.200. The third kappa shape index (κ3) is 4.94. The highest BCUT2D eigenvalue weighted by atomic mass is 16.5. The molecule has 1 heterocycles. The Morgan fingerprint density at radius 3 is 2.60 bits per heavy atom. The van der Waals surface area contributed by atoms with Crippen molar-refractivity contribution in [3.8, 4) is 5.75 Å². The Kier molecular flexibility index (Phi) is 5.46. The van der Waals surface area contributed by atoms with E-state index in [9.17, 15) is 0 Å². The third-order valence-electron chi connectivity index (χ3n) is 3.74. The van der Waals surface area contributed by atoms with Crippen LogP contribution >= 0.6 is 0 Å². The van der Waals surface area contributed by atoms with Crippen molar-refractivity contribution < 1.29 is 4.74 Å². The molecule has 0 aliphatic carbocycles. The minimum absolute atomic E-state index is 0.565. The number of nitrogens with one attached hydrogen (secondary N) is 2. The SMILES string of the molecule is COc1cccc(Nc2nc(C)cc(NCCc3ccccc3)n2)c1. The first-order valence-electron chi connectivity index (χ1n) is 8.27. The molecular formula is C20H22N4O. The molecule has 2 aromatic carbocycles. The zero-order chi connectivity index (χ0) is 17.5. The Balaban J connectivity index is 1.65. The molecule has 0 saturated carbocycles. The Morgan fingerprint density at radius 1 is 0.960 bits per heavy atom. The first-order chi connectivity index (χ1) is 12.2. The van der Waals surface area contributed by atoms with E-state index < -0.39 is 0 Å². The lowest BCUT2D eigenvalue weighted by Crippen LogP contribution is -2.08. The number of rotatable bonds is 7. The van der Waals surface area contributed by atoms with Crippen LogP contribution in [0, 0.1) is 6.92 Å². The fourth-order valence-electron chi connectivity index (χ4n) is 2.52. The average molecular weight is 334 g/mol. The van der Waals surface area contributed by atoms with Gasteiger partial charge in [-0.15, -0.1) is 0 Å². The smallest absolute Gasteiger partial charge is 0.229 e. The van der Waals surface area contributed by atoms with Crippen molar-refractivity contribution in [1.29, 1.82) is 0 Å². The van der Waals surface area contributed by atoms with E-state index in [1.54, 1.807) is 7.11 Å². The molecule has 5 nitrogen and oxygen atoms in total. The van der Waals surface area contributed by atoms with Crippen molar-refractivity contribution in [2.75, 3.05) is 24.3 Å². The predicted molar refractivity (Wildman–Crippen MR) is 102 cm³/mol. The number of hydrogen-bond acceptors (Lipinski definition) is 5. The molecule has 0 bridgehead atoms. The third-order valence-corrected chi connectivity index (χ3v) is 3.74. The van der Waals surface area contributed by atoms with Gasteiger partial charge in [0.15, 0.2) is 0 Å². The Labute approximate surface area is 148 Å². The van der Waals surface area contributed by atoms with E-state index in [4.69, 9.17) is 4.74 Å². The zero-order valence-electron chi connectivity index (χ0n) is 14.5. The number of aromatic nitrogens is 2. The summed E-state index contributed by atoms with van der Waals surface area (Å²) >= 11 is 0. The van der Waals surface area contributed by atoms with E-state index in [2.05, 4.69) is 44.9 Å². The second kappa shape index (κ2) is 8.15. The summed E-state index contributed by atoms with van der Waals surface area (Å²) in [7, 11) is 1.65. The second-order valence-electron chi connectivity index (χ2n) is 5.74. The van der Waals surface area contributed by atoms with Gasteiger partial charge in [0.1, 0.15) is 11.6 Å². The van der Waals surface area contributed by atoms with Gasteiger partial charge >= 0.3 is 0 Å². The topological polar surface area (TPSA) is 59.1 Å². The molecule has 0 unspecified atom stereocenters. The van der Waals surface area contributed by atoms with Gasteiger partial charge in [0.05, 0.1) is 7.11 Å². The van der Waals surface area contributed by atoms with Crippen LogP contribution in [0.25, 0.3) is 0 Å². The summed E-state index contributed by atoms with van der Waals surface area (Å²) in [6.45, 7) is 2.78. The van der Waals surface area contributed by atoms with Gasteiger partial charge in [-0.25, -0.2) is 4.98 Å². The van der Waals surface area contributed by atoms with Gasteiger partial charge in [0.2, 0.25) is 5.95 Å². The van der Waals surface area contributed by atoms with Crippen LogP contribution in [0.4, 0.5) is 17.5 Å². The lowest BCUT2D eigenvalue weighted by atomic mass is 10.1. The molecule has 5 heteroatoms. The van der Waals surface area contributed by atoms with Crippen LogP contribution in [0.1, 0.15) is 11.3 Å². The van der Waals surface area contributed by atoms with Crippen molar-refractivity contribution in [2.45, 2.75) is 13.3 Å². The van der Waals surface area contributed by atoms with Crippen molar-refractivity contribution in [2.24, 2.45) is 0 Å². The molecule has 0 spiro atoms. The lowest BCUT2D eigenvalue weighted by molar-refractivity contribution is 0.415. The molecule has 0 fully saturated rings. The fourth-order valence-corrected chi connectivity index (χ4v) is 2.52. The van der Waals surface area contributed by atoms with Gasteiger partial charge in [-0.2, -0.15) is 4.98 Å². The van der Waals surface area contributed by atoms with E-state index in [0.29, 0.717) is 5.95 Å². The number of aryl methyl sites for hydroxylation is 1. The largest absolute Gasteiger partial charge is 0.497 e. The maximum absolute atomic E-state index is 5.24. The summed E-state index contributed by atoms with van der Waals surface area (Å²) < 4.78 is 5.24. The first kappa shape index (κ1) is 16.8. The van der Waals surface area contributed by atoms with Crippen LogP contribution in [0.3, 0.4) is 0 Å². The minimum atomic E-state index is 0.565. The molecule has 0 atom stereocenters. The standard InChI is InChI=1S/C20H22N4O/c1-15-13-19(21-12-11-16-7-4-3-5-8-16)24-20(22-15)23-17-9-6-10-18(14-17)25-2/h3-10,13-14H,11-12H2,1-2H3,(H2,21,22,23,24). The van der Waals surface area contributed by atoms with Gasteiger partial charge in [-0.1, -0.05) is 36.4 Å². The highest BCUT2D eigenvalue weighted by Crippen LogP contribution is 2.20. The number of benzene rings is 2. The molecule has 0 aliphatic rings. The summed E-state index contributed by atoms with van der Waals surface area (Å²) in [5.41, 5.74) is 3.10. The summed E-state index contributed by atoms with van der Waals surface area (Å²) in [6.07, 6.45) is 0.947.